The molecular formula is C22H23N3O3S. The Morgan fingerprint density at radius 1 is 1.17 bits per heavy atom. The molecule has 0 bridgehead atoms. The fourth-order valence-corrected chi connectivity index (χ4v) is 4.70. The maximum atomic E-state index is 13.7. The van der Waals surface area contributed by atoms with E-state index in [1.807, 2.05) is 37.4 Å². The Kier molecular flexibility index (Phi) is 5.08. The van der Waals surface area contributed by atoms with Gasteiger partial charge in [0, 0.05) is 30.0 Å². The van der Waals surface area contributed by atoms with Gasteiger partial charge in [0.2, 0.25) is 11.6 Å². The average molecular weight is 410 g/mol. The molecule has 6 nitrogen and oxygen atoms in total. The Balaban J connectivity index is 1.82. The van der Waals surface area contributed by atoms with E-state index < -0.39 is 5.66 Å². The lowest BCUT2D eigenvalue weighted by molar-refractivity contribution is -0.128. The summed E-state index contributed by atoms with van der Waals surface area (Å²) < 4.78 is 0. The molecule has 1 atom stereocenters. The van der Waals surface area contributed by atoms with Crippen molar-refractivity contribution in [1.82, 2.24) is 4.90 Å². The quantitative estimate of drug-likeness (QED) is 0.764. The molecule has 0 spiro atoms. The SMILES string of the molecule is CCCN1C(=O)c2ccccc2N2C(=O)CC[C@]12C(=O)Nc1cccc(SC)c1. The number of nitrogens with zero attached hydrogens (tertiary/aromatic N) is 2. The summed E-state index contributed by atoms with van der Waals surface area (Å²) in [6.45, 7) is 2.36. The number of hydrogen-bond acceptors (Lipinski definition) is 4. The minimum atomic E-state index is -1.34. The molecule has 150 valence electrons. The van der Waals surface area contributed by atoms with Crippen LogP contribution in [0.15, 0.2) is 53.4 Å². The lowest BCUT2D eigenvalue weighted by Gasteiger charge is -2.49. The Bertz CT molecular complexity index is 993. The van der Waals surface area contributed by atoms with Crippen LogP contribution in [0, 0.1) is 0 Å². The molecule has 4 rings (SSSR count). The molecule has 0 unspecified atom stereocenters. The van der Waals surface area contributed by atoms with E-state index in [2.05, 4.69) is 5.32 Å². The summed E-state index contributed by atoms with van der Waals surface area (Å²) in [5.74, 6) is -0.696. The number of carbonyl (C=O) groups excluding carboxylic acids is 3. The van der Waals surface area contributed by atoms with Gasteiger partial charge in [-0.05, 0) is 43.0 Å². The monoisotopic (exact) mass is 409 g/mol. The first-order valence-corrected chi connectivity index (χ1v) is 10.9. The van der Waals surface area contributed by atoms with Crippen molar-refractivity contribution in [2.45, 2.75) is 36.7 Å². The smallest absolute Gasteiger partial charge is 0.271 e. The Hall–Kier alpha value is -2.80. The van der Waals surface area contributed by atoms with Crippen molar-refractivity contribution in [1.29, 1.82) is 0 Å². The second-order valence-corrected chi connectivity index (χ2v) is 8.09. The van der Waals surface area contributed by atoms with E-state index in [1.54, 1.807) is 40.9 Å². The number of amides is 3. The van der Waals surface area contributed by atoms with Crippen LogP contribution >= 0.6 is 11.8 Å². The zero-order valence-electron chi connectivity index (χ0n) is 16.5. The predicted octanol–water partition coefficient (Wildman–Crippen LogP) is 3.74. The fourth-order valence-electron chi connectivity index (χ4n) is 4.24. The van der Waals surface area contributed by atoms with Crippen LogP contribution in [0.2, 0.25) is 0 Å². The molecule has 1 fully saturated rings. The third-order valence-corrected chi connectivity index (χ3v) is 6.24. The summed E-state index contributed by atoms with van der Waals surface area (Å²) in [6, 6.07) is 14.6. The van der Waals surface area contributed by atoms with Crippen molar-refractivity contribution < 1.29 is 14.4 Å². The number of nitrogens with one attached hydrogen (secondary N) is 1. The maximum absolute atomic E-state index is 13.7. The molecule has 2 aliphatic heterocycles. The molecule has 2 aliphatic rings. The molecule has 3 amide bonds. The number of thioether (sulfide) groups is 1. The lowest BCUT2D eigenvalue weighted by Crippen LogP contribution is -2.69. The Labute approximate surface area is 174 Å². The van der Waals surface area contributed by atoms with Crippen LogP contribution in [0.25, 0.3) is 0 Å². The van der Waals surface area contributed by atoms with E-state index in [0.717, 1.165) is 4.90 Å². The van der Waals surface area contributed by atoms with E-state index in [-0.39, 0.29) is 30.6 Å². The minimum Gasteiger partial charge on any atom is -0.322 e. The molecule has 2 aromatic rings. The summed E-state index contributed by atoms with van der Waals surface area (Å²) in [5.41, 5.74) is 0.288. The number of benzene rings is 2. The molecule has 2 heterocycles. The van der Waals surface area contributed by atoms with Crippen molar-refractivity contribution in [3.05, 3.63) is 54.1 Å². The van der Waals surface area contributed by atoms with E-state index in [9.17, 15) is 14.4 Å². The first-order valence-electron chi connectivity index (χ1n) is 9.72. The molecule has 1 saturated heterocycles. The first-order chi connectivity index (χ1) is 14.0. The van der Waals surface area contributed by atoms with Crippen LogP contribution in [0.4, 0.5) is 11.4 Å². The Morgan fingerprint density at radius 2 is 1.97 bits per heavy atom. The van der Waals surface area contributed by atoms with Crippen LogP contribution in [0.1, 0.15) is 36.5 Å². The molecule has 0 aromatic heterocycles. The van der Waals surface area contributed by atoms with Gasteiger partial charge < -0.3 is 10.2 Å². The number of hydrogen-bond donors (Lipinski definition) is 1. The lowest BCUT2D eigenvalue weighted by atomic mass is 9.95. The second-order valence-electron chi connectivity index (χ2n) is 7.21. The van der Waals surface area contributed by atoms with Gasteiger partial charge >= 0.3 is 0 Å². The van der Waals surface area contributed by atoms with Crippen molar-refractivity contribution in [3.63, 3.8) is 0 Å². The second kappa shape index (κ2) is 7.55. The highest BCUT2D eigenvalue weighted by molar-refractivity contribution is 7.98. The van der Waals surface area contributed by atoms with Gasteiger partial charge in [-0.15, -0.1) is 11.8 Å². The number of rotatable bonds is 5. The fraction of sp³-hybridized carbons (Fsp3) is 0.318. The summed E-state index contributed by atoms with van der Waals surface area (Å²) in [5, 5.41) is 2.97. The largest absolute Gasteiger partial charge is 0.322 e. The third kappa shape index (κ3) is 3.00. The van der Waals surface area contributed by atoms with Crippen LogP contribution in [-0.4, -0.2) is 41.1 Å². The molecule has 0 radical (unpaired) electrons. The van der Waals surface area contributed by atoms with E-state index in [4.69, 9.17) is 0 Å². The summed E-state index contributed by atoms with van der Waals surface area (Å²) in [4.78, 5) is 44.0. The van der Waals surface area contributed by atoms with Crippen molar-refractivity contribution in [3.8, 4) is 0 Å². The standard InChI is InChI=1S/C22H23N3O3S/c1-3-13-24-20(27)17-9-4-5-10-18(17)25-19(26)11-12-22(24,25)21(28)23-15-7-6-8-16(14-15)29-2/h4-10,14H,3,11-13H2,1-2H3,(H,23,28)/t22-/m0/s1. The van der Waals surface area contributed by atoms with Crippen molar-refractivity contribution >= 4 is 40.9 Å². The van der Waals surface area contributed by atoms with E-state index in [0.29, 0.717) is 29.9 Å². The first kappa shape index (κ1) is 19.5. The van der Waals surface area contributed by atoms with Gasteiger partial charge in [-0.25, -0.2) is 0 Å². The predicted molar refractivity (Wildman–Crippen MR) is 114 cm³/mol. The zero-order valence-corrected chi connectivity index (χ0v) is 17.3. The summed E-state index contributed by atoms with van der Waals surface area (Å²) in [7, 11) is 0. The summed E-state index contributed by atoms with van der Waals surface area (Å²) in [6.07, 6.45) is 3.16. The Morgan fingerprint density at radius 3 is 2.72 bits per heavy atom. The van der Waals surface area contributed by atoms with Crippen molar-refractivity contribution in [2.75, 3.05) is 23.0 Å². The van der Waals surface area contributed by atoms with Gasteiger partial charge in [0.15, 0.2) is 0 Å². The highest BCUT2D eigenvalue weighted by Crippen LogP contribution is 2.45. The van der Waals surface area contributed by atoms with Gasteiger partial charge in [0.1, 0.15) is 0 Å². The zero-order chi connectivity index (χ0) is 20.6. The van der Waals surface area contributed by atoms with Crippen LogP contribution in [0.3, 0.4) is 0 Å². The van der Waals surface area contributed by atoms with Gasteiger partial charge in [-0.3, -0.25) is 19.3 Å². The van der Waals surface area contributed by atoms with Crippen LogP contribution in [-0.2, 0) is 9.59 Å². The molecule has 0 aliphatic carbocycles. The van der Waals surface area contributed by atoms with E-state index in [1.165, 1.54) is 4.90 Å². The number of para-hydroxylation sites is 1. The van der Waals surface area contributed by atoms with Gasteiger partial charge in [-0.2, -0.15) is 0 Å². The molecule has 1 N–H and O–H groups in total. The number of fused-ring (bicyclic) bond motifs is 3. The molecule has 29 heavy (non-hydrogen) atoms. The molecule has 0 saturated carbocycles. The number of anilines is 2. The maximum Gasteiger partial charge on any atom is 0.271 e. The number of carbonyl (C=O) groups is 3. The van der Waals surface area contributed by atoms with E-state index >= 15 is 0 Å². The third-order valence-electron chi connectivity index (χ3n) is 5.51. The van der Waals surface area contributed by atoms with Gasteiger partial charge in [0.05, 0.1) is 11.3 Å². The molecule has 7 heteroatoms. The molecular weight excluding hydrogens is 386 g/mol. The van der Waals surface area contributed by atoms with Crippen LogP contribution in [0.5, 0.6) is 0 Å². The van der Waals surface area contributed by atoms with Gasteiger partial charge in [-0.1, -0.05) is 25.1 Å². The highest BCUT2D eigenvalue weighted by Gasteiger charge is 2.60. The minimum absolute atomic E-state index is 0.140. The van der Waals surface area contributed by atoms with Crippen molar-refractivity contribution in [2.24, 2.45) is 0 Å². The highest BCUT2D eigenvalue weighted by atomic mass is 32.2. The normalized spacial score (nSPS) is 20.5. The topological polar surface area (TPSA) is 69.7 Å². The average Bonchev–Trinajstić information content (AvgIpc) is 3.09. The van der Waals surface area contributed by atoms with Crippen LogP contribution < -0.4 is 10.2 Å². The van der Waals surface area contributed by atoms with Gasteiger partial charge in [0.25, 0.3) is 11.8 Å². The molecule has 2 aromatic carbocycles. The summed E-state index contributed by atoms with van der Waals surface area (Å²) >= 11 is 1.58.